The Hall–Kier alpha value is -3.55. The number of hydrogen-bond acceptors (Lipinski definition) is 5. The Kier molecular flexibility index (Phi) is 6.30. The third-order valence-corrected chi connectivity index (χ3v) is 5.36. The molecule has 2 aliphatic heterocycles. The normalized spacial score (nSPS) is 17.4. The van der Waals surface area contributed by atoms with E-state index in [0.29, 0.717) is 54.7 Å². The first-order valence-electron chi connectivity index (χ1n) is 10.8. The van der Waals surface area contributed by atoms with Crippen LogP contribution in [0.1, 0.15) is 26.7 Å². The van der Waals surface area contributed by atoms with E-state index in [4.69, 9.17) is 9.47 Å². The van der Waals surface area contributed by atoms with Crippen LogP contribution in [0.3, 0.4) is 0 Å². The van der Waals surface area contributed by atoms with Crippen molar-refractivity contribution in [3.8, 4) is 11.5 Å². The van der Waals surface area contributed by atoms with E-state index in [-0.39, 0.29) is 30.1 Å². The number of carbonyl (C=O) groups is 3. The number of hydrogen-bond donors (Lipinski definition) is 2. The van der Waals surface area contributed by atoms with Crippen molar-refractivity contribution in [2.75, 3.05) is 35.3 Å². The standard InChI is InChI=1S/C24H27N3O5/c1-15(2)11-22(28)25-17-3-5-18(6-4-17)26-24(30)16-12-23(29)27(14-16)19-7-8-20-21(13-19)32-10-9-31-20/h3-8,13,15-16H,9-12,14H2,1-2H3,(H,25,28)(H,26,30). The molecule has 0 aromatic heterocycles. The van der Waals surface area contributed by atoms with Gasteiger partial charge in [0.1, 0.15) is 13.2 Å². The van der Waals surface area contributed by atoms with E-state index < -0.39 is 5.92 Å². The molecule has 1 atom stereocenters. The smallest absolute Gasteiger partial charge is 0.229 e. The van der Waals surface area contributed by atoms with Crippen molar-refractivity contribution in [1.29, 1.82) is 0 Å². The van der Waals surface area contributed by atoms with Crippen molar-refractivity contribution in [1.82, 2.24) is 0 Å². The van der Waals surface area contributed by atoms with Crippen LogP contribution in [0.25, 0.3) is 0 Å². The van der Waals surface area contributed by atoms with Gasteiger partial charge in [-0.2, -0.15) is 0 Å². The summed E-state index contributed by atoms with van der Waals surface area (Å²) in [7, 11) is 0. The van der Waals surface area contributed by atoms with Gasteiger partial charge in [0.05, 0.1) is 5.92 Å². The summed E-state index contributed by atoms with van der Waals surface area (Å²) in [5.74, 6) is 0.728. The first kappa shape index (κ1) is 21.7. The predicted octanol–water partition coefficient (Wildman–Crippen LogP) is 3.43. The van der Waals surface area contributed by atoms with Gasteiger partial charge in [-0.25, -0.2) is 0 Å². The number of carbonyl (C=O) groups excluding carboxylic acids is 3. The van der Waals surface area contributed by atoms with Gasteiger partial charge in [0.2, 0.25) is 17.7 Å². The number of nitrogens with zero attached hydrogens (tertiary/aromatic N) is 1. The molecule has 1 unspecified atom stereocenters. The van der Waals surface area contributed by atoms with Gasteiger partial charge in [-0.05, 0) is 42.3 Å². The highest BCUT2D eigenvalue weighted by Gasteiger charge is 2.35. The van der Waals surface area contributed by atoms with E-state index in [1.54, 1.807) is 47.4 Å². The van der Waals surface area contributed by atoms with Gasteiger partial charge in [0.25, 0.3) is 0 Å². The molecular weight excluding hydrogens is 410 g/mol. The van der Waals surface area contributed by atoms with Gasteiger partial charge < -0.3 is 25.0 Å². The molecule has 1 saturated heterocycles. The zero-order valence-electron chi connectivity index (χ0n) is 18.2. The van der Waals surface area contributed by atoms with Crippen molar-refractivity contribution < 1.29 is 23.9 Å². The first-order valence-corrected chi connectivity index (χ1v) is 10.8. The number of nitrogens with one attached hydrogen (secondary N) is 2. The summed E-state index contributed by atoms with van der Waals surface area (Å²) in [6.07, 6.45) is 0.595. The Labute approximate surface area is 186 Å². The van der Waals surface area contributed by atoms with Crippen LogP contribution in [0, 0.1) is 11.8 Å². The molecular formula is C24H27N3O5. The molecule has 8 nitrogen and oxygen atoms in total. The fraction of sp³-hybridized carbons (Fsp3) is 0.375. The quantitative estimate of drug-likeness (QED) is 0.722. The molecule has 2 aromatic carbocycles. The Morgan fingerprint density at radius 1 is 1.00 bits per heavy atom. The number of ether oxygens (including phenoxy) is 2. The minimum atomic E-state index is -0.457. The number of benzene rings is 2. The zero-order valence-corrected chi connectivity index (χ0v) is 18.2. The first-order chi connectivity index (χ1) is 15.4. The van der Waals surface area contributed by atoms with Crippen LogP contribution in [0.2, 0.25) is 0 Å². The highest BCUT2D eigenvalue weighted by molar-refractivity contribution is 6.03. The van der Waals surface area contributed by atoms with Crippen LogP contribution >= 0.6 is 0 Å². The molecule has 3 amide bonds. The third kappa shape index (κ3) is 5.01. The second-order valence-electron chi connectivity index (χ2n) is 8.45. The maximum Gasteiger partial charge on any atom is 0.229 e. The average molecular weight is 437 g/mol. The Bertz CT molecular complexity index is 1020. The predicted molar refractivity (Wildman–Crippen MR) is 121 cm³/mol. The maximum absolute atomic E-state index is 12.7. The molecule has 2 N–H and O–H groups in total. The van der Waals surface area contributed by atoms with Crippen LogP contribution in [-0.2, 0) is 14.4 Å². The molecule has 2 aliphatic rings. The topological polar surface area (TPSA) is 97.0 Å². The highest BCUT2D eigenvalue weighted by Crippen LogP contribution is 2.36. The fourth-order valence-corrected chi connectivity index (χ4v) is 3.80. The van der Waals surface area contributed by atoms with Crippen LogP contribution in [0.5, 0.6) is 11.5 Å². The maximum atomic E-state index is 12.7. The summed E-state index contributed by atoms with van der Waals surface area (Å²) in [5, 5.41) is 5.70. The minimum Gasteiger partial charge on any atom is -0.486 e. The SMILES string of the molecule is CC(C)CC(=O)Nc1ccc(NC(=O)C2CC(=O)N(c3ccc4c(c3)OCCO4)C2)cc1. The Morgan fingerprint density at radius 3 is 2.34 bits per heavy atom. The van der Waals surface area contributed by atoms with E-state index in [9.17, 15) is 14.4 Å². The molecule has 168 valence electrons. The number of rotatable bonds is 6. The molecule has 1 fully saturated rings. The van der Waals surface area contributed by atoms with E-state index in [1.165, 1.54) is 0 Å². The van der Waals surface area contributed by atoms with Gasteiger partial charge in [0, 0.05) is 42.5 Å². The second kappa shape index (κ2) is 9.30. The molecule has 4 rings (SSSR count). The Morgan fingerprint density at radius 2 is 1.66 bits per heavy atom. The van der Waals surface area contributed by atoms with Crippen LogP contribution in [0.15, 0.2) is 42.5 Å². The van der Waals surface area contributed by atoms with Crippen molar-refractivity contribution in [2.45, 2.75) is 26.7 Å². The molecule has 0 saturated carbocycles. The van der Waals surface area contributed by atoms with Gasteiger partial charge in [-0.15, -0.1) is 0 Å². The molecule has 0 radical (unpaired) electrons. The molecule has 0 spiro atoms. The lowest BCUT2D eigenvalue weighted by Crippen LogP contribution is -2.28. The summed E-state index contributed by atoms with van der Waals surface area (Å²) in [4.78, 5) is 38.8. The van der Waals surface area contributed by atoms with Crippen molar-refractivity contribution >= 4 is 34.8 Å². The second-order valence-corrected chi connectivity index (χ2v) is 8.45. The van der Waals surface area contributed by atoms with Crippen LogP contribution in [0.4, 0.5) is 17.1 Å². The summed E-state index contributed by atoms with van der Waals surface area (Å²) in [6, 6.07) is 12.3. The van der Waals surface area contributed by atoms with Crippen molar-refractivity contribution in [3.05, 3.63) is 42.5 Å². The lowest BCUT2D eigenvalue weighted by Gasteiger charge is -2.22. The van der Waals surface area contributed by atoms with E-state index in [1.807, 2.05) is 13.8 Å². The van der Waals surface area contributed by atoms with E-state index in [0.717, 1.165) is 0 Å². The summed E-state index contributed by atoms with van der Waals surface area (Å²) in [6.45, 7) is 5.24. The van der Waals surface area contributed by atoms with Crippen molar-refractivity contribution in [2.24, 2.45) is 11.8 Å². The summed E-state index contributed by atoms with van der Waals surface area (Å²) >= 11 is 0. The number of amides is 3. The molecule has 2 heterocycles. The molecule has 8 heteroatoms. The monoisotopic (exact) mass is 437 g/mol. The van der Waals surface area contributed by atoms with Gasteiger partial charge in [0.15, 0.2) is 11.5 Å². The summed E-state index contributed by atoms with van der Waals surface area (Å²) in [5.41, 5.74) is 1.98. The van der Waals surface area contributed by atoms with Crippen molar-refractivity contribution in [3.63, 3.8) is 0 Å². The largest absolute Gasteiger partial charge is 0.486 e. The third-order valence-electron chi connectivity index (χ3n) is 5.36. The van der Waals surface area contributed by atoms with Gasteiger partial charge >= 0.3 is 0 Å². The number of fused-ring (bicyclic) bond motifs is 1. The van der Waals surface area contributed by atoms with Crippen LogP contribution in [-0.4, -0.2) is 37.5 Å². The van der Waals surface area contributed by atoms with E-state index >= 15 is 0 Å². The lowest BCUT2D eigenvalue weighted by molar-refractivity contribution is -0.122. The van der Waals surface area contributed by atoms with Gasteiger partial charge in [-0.3, -0.25) is 14.4 Å². The highest BCUT2D eigenvalue weighted by atomic mass is 16.6. The molecule has 0 bridgehead atoms. The molecule has 0 aliphatic carbocycles. The summed E-state index contributed by atoms with van der Waals surface area (Å²) < 4.78 is 11.1. The average Bonchev–Trinajstić information content (AvgIpc) is 3.16. The lowest BCUT2D eigenvalue weighted by atomic mass is 10.1. The molecule has 2 aromatic rings. The van der Waals surface area contributed by atoms with E-state index in [2.05, 4.69) is 10.6 Å². The van der Waals surface area contributed by atoms with Crippen LogP contribution < -0.4 is 25.0 Å². The number of anilines is 3. The van der Waals surface area contributed by atoms with Gasteiger partial charge in [-0.1, -0.05) is 13.8 Å². The zero-order chi connectivity index (χ0) is 22.7. The fourth-order valence-electron chi connectivity index (χ4n) is 3.80. The molecule has 32 heavy (non-hydrogen) atoms. The minimum absolute atomic E-state index is 0.0412. The Balaban J connectivity index is 1.35.